The quantitative estimate of drug-likeness (QED) is 0.503. The highest BCUT2D eigenvalue weighted by molar-refractivity contribution is 5.97. The monoisotopic (exact) mass is 301 g/mol. The predicted octanol–water partition coefficient (Wildman–Crippen LogP) is 4.68. The molecule has 4 aromatic rings. The van der Waals surface area contributed by atoms with Gasteiger partial charge >= 0.3 is 5.97 Å². The third kappa shape index (κ3) is 2.27. The Morgan fingerprint density at radius 3 is 2.61 bits per heavy atom. The van der Waals surface area contributed by atoms with Crippen LogP contribution >= 0.6 is 0 Å². The summed E-state index contributed by atoms with van der Waals surface area (Å²) in [5, 5.41) is 2.36. The first-order valence-electron chi connectivity index (χ1n) is 7.51. The van der Waals surface area contributed by atoms with Gasteiger partial charge in [-0.1, -0.05) is 48.5 Å². The predicted molar refractivity (Wildman–Crippen MR) is 91.6 cm³/mol. The second-order valence-corrected chi connectivity index (χ2v) is 5.47. The summed E-state index contributed by atoms with van der Waals surface area (Å²) in [6, 6.07) is 22.3. The van der Waals surface area contributed by atoms with Crippen LogP contribution in [0.1, 0.15) is 6.92 Å². The van der Waals surface area contributed by atoms with Crippen molar-refractivity contribution in [1.82, 2.24) is 4.40 Å². The maximum atomic E-state index is 11.4. The summed E-state index contributed by atoms with van der Waals surface area (Å²) in [6.45, 7) is 1.42. The number of carbonyl (C=O) groups excluding carboxylic acids is 1. The summed E-state index contributed by atoms with van der Waals surface area (Å²) in [5.41, 5.74) is 3.00. The molecule has 112 valence electrons. The van der Waals surface area contributed by atoms with Crippen molar-refractivity contribution in [2.75, 3.05) is 0 Å². The van der Waals surface area contributed by atoms with Gasteiger partial charge in [0.25, 0.3) is 0 Å². The van der Waals surface area contributed by atoms with E-state index in [4.69, 9.17) is 4.74 Å². The molecular weight excluding hydrogens is 286 g/mol. The van der Waals surface area contributed by atoms with Crippen molar-refractivity contribution < 1.29 is 9.53 Å². The fourth-order valence-corrected chi connectivity index (χ4v) is 3.01. The van der Waals surface area contributed by atoms with Crippen LogP contribution in [0.4, 0.5) is 0 Å². The van der Waals surface area contributed by atoms with E-state index in [-0.39, 0.29) is 5.97 Å². The number of nitrogens with zero attached hydrogens (tertiary/aromatic N) is 1. The first kappa shape index (κ1) is 13.6. The van der Waals surface area contributed by atoms with E-state index < -0.39 is 0 Å². The van der Waals surface area contributed by atoms with Crippen molar-refractivity contribution in [2.24, 2.45) is 0 Å². The Morgan fingerprint density at radius 1 is 0.957 bits per heavy atom. The Bertz CT molecular complexity index is 1020. The van der Waals surface area contributed by atoms with E-state index in [1.54, 1.807) is 0 Å². The van der Waals surface area contributed by atoms with Gasteiger partial charge in [0, 0.05) is 24.8 Å². The molecule has 0 fully saturated rings. The van der Waals surface area contributed by atoms with Crippen LogP contribution in [0.15, 0.2) is 72.9 Å². The van der Waals surface area contributed by atoms with E-state index >= 15 is 0 Å². The van der Waals surface area contributed by atoms with Crippen LogP contribution in [-0.2, 0) is 4.79 Å². The maximum Gasteiger partial charge on any atom is 0.308 e. The van der Waals surface area contributed by atoms with Crippen LogP contribution in [0.3, 0.4) is 0 Å². The van der Waals surface area contributed by atoms with Gasteiger partial charge in [0.05, 0.1) is 11.2 Å². The molecule has 2 aromatic heterocycles. The number of ether oxygens (including phenoxy) is 1. The van der Waals surface area contributed by atoms with Gasteiger partial charge in [0.1, 0.15) is 0 Å². The molecule has 0 spiro atoms. The highest BCUT2D eigenvalue weighted by atomic mass is 16.5. The average molecular weight is 301 g/mol. The summed E-state index contributed by atoms with van der Waals surface area (Å²) in [4.78, 5) is 11.4. The minimum Gasteiger partial charge on any atom is -0.424 e. The van der Waals surface area contributed by atoms with Gasteiger partial charge in [-0.2, -0.15) is 0 Å². The second-order valence-electron chi connectivity index (χ2n) is 5.47. The average Bonchev–Trinajstić information content (AvgIpc) is 2.92. The molecule has 0 atom stereocenters. The minimum absolute atomic E-state index is 0.314. The molecule has 0 unspecified atom stereocenters. The van der Waals surface area contributed by atoms with Crippen molar-refractivity contribution >= 4 is 22.3 Å². The number of hydrogen-bond acceptors (Lipinski definition) is 2. The van der Waals surface area contributed by atoms with Crippen LogP contribution in [0.25, 0.3) is 27.5 Å². The molecule has 0 aliphatic rings. The lowest BCUT2D eigenvalue weighted by atomic mass is 10.0. The van der Waals surface area contributed by atoms with Gasteiger partial charge in [-0.15, -0.1) is 0 Å². The topological polar surface area (TPSA) is 30.7 Å². The minimum atomic E-state index is -0.314. The molecule has 0 aliphatic carbocycles. The molecule has 4 rings (SSSR count). The highest BCUT2D eigenvalue weighted by Crippen LogP contribution is 2.35. The Hall–Kier alpha value is -3.07. The Balaban J connectivity index is 2.03. The smallest absolute Gasteiger partial charge is 0.308 e. The first-order valence-corrected chi connectivity index (χ1v) is 7.51. The lowest BCUT2D eigenvalue weighted by Gasteiger charge is -2.07. The molecule has 2 aromatic carbocycles. The van der Waals surface area contributed by atoms with Crippen LogP contribution < -0.4 is 4.74 Å². The molecule has 0 saturated heterocycles. The Labute approximate surface area is 133 Å². The molecule has 0 saturated carbocycles. The van der Waals surface area contributed by atoms with Gasteiger partial charge in [0.2, 0.25) is 0 Å². The number of carbonyl (C=O) groups is 1. The number of rotatable bonds is 2. The normalized spacial score (nSPS) is 11.0. The maximum absolute atomic E-state index is 11.4. The Morgan fingerprint density at radius 2 is 1.74 bits per heavy atom. The van der Waals surface area contributed by atoms with Crippen molar-refractivity contribution in [3.05, 3.63) is 72.9 Å². The zero-order valence-corrected chi connectivity index (χ0v) is 12.7. The summed E-state index contributed by atoms with van der Waals surface area (Å²) in [6.07, 6.45) is 1.99. The molecule has 2 heterocycles. The Kier molecular flexibility index (Phi) is 3.12. The van der Waals surface area contributed by atoms with Crippen LogP contribution in [0.2, 0.25) is 0 Å². The van der Waals surface area contributed by atoms with Crippen LogP contribution in [-0.4, -0.2) is 10.4 Å². The number of benzene rings is 2. The third-order valence-electron chi connectivity index (χ3n) is 3.96. The number of aromatic nitrogens is 1. The first-order chi connectivity index (χ1) is 11.2. The summed E-state index contributed by atoms with van der Waals surface area (Å²) in [7, 11) is 0. The SMILES string of the molecule is CC(=O)Oc1cc(-c2cccc3ccccc23)n2ccccc12. The summed E-state index contributed by atoms with van der Waals surface area (Å²) >= 11 is 0. The summed E-state index contributed by atoms with van der Waals surface area (Å²) in [5.74, 6) is 0.270. The van der Waals surface area contributed by atoms with E-state index in [1.165, 1.54) is 17.7 Å². The van der Waals surface area contributed by atoms with E-state index in [1.807, 2.05) is 48.7 Å². The molecule has 0 radical (unpaired) electrons. The van der Waals surface area contributed by atoms with Gasteiger partial charge in [-0.05, 0) is 22.9 Å². The molecule has 23 heavy (non-hydrogen) atoms. The summed E-state index contributed by atoms with van der Waals surface area (Å²) < 4.78 is 7.44. The number of fused-ring (bicyclic) bond motifs is 2. The van der Waals surface area contributed by atoms with E-state index in [0.29, 0.717) is 5.75 Å². The van der Waals surface area contributed by atoms with Gasteiger partial charge in [-0.3, -0.25) is 4.79 Å². The zero-order chi connectivity index (χ0) is 15.8. The molecular formula is C20H15NO2. The fraction of sp³-hybridized carbons (Fsp3) is 0.0500. The van der Waals surface area contributed by atoms with Crippen molar-refractivity contribution in [3.8, 4) is 17.0 Å². The van der Waals surface area contributed by atoms with Gasteiger partial charge < -0.3 is 9.14 Å². The molecule has 0 N–H and O–H groups in total. The highest BCUT2D eigenvalue weighted by Gasteiger charge is 2.14. The number of esters is 1. The van der Waals surface area contributed by atoms with Gasteiger partial charge in [0.15, 0.2) is 5.75 Å². The zero-order valence-electron chi connectivity index (χ0n) is 12.7. The van der Waals surface area contributed by atoms with E-state index in [2.05, 4.69) is 28.7 Å². The number of hydrogen-bond donors (Lipinski definition) is 0. The molecule has 3 nitrogen and oxygen atoms in total. The molecule has 0 amide bonds. The van der Waals surface area contributed by atoms with Crippen molar-refractivity contribution in [2.45, 2.75) is 6.92 Å². The fourth-order valence-electron chi connectivity index (χ4n) is 3.01. The lowest BCUT2D eigenvalue weighted by Crippen LogP contribution is -2.00. The largest absolute Gasteiger partial charge is 0.424 e. The van der Waals surface area contributed by atoms with Crippen LogP contribution in [0, 0.1) is 0 Å². The van der Waals surface area contributed by atoms with E-state index in [9.17, 15) is 4.79 Å². The van der Waals surface area contributed by atoms with Crippen LogP contribution in [0.5, 0.6) is 5.75 Å². The van der Waals surface area contributed by atoms with Gasteiger partial charge in [-0.25, -0.2) is 0 Å². The van der Waals surface area contributed by atoms with Crippen molar-refractivity contribution in [3.63, 3.8) is 0 Å². The lowest BCUT2D eigenvalue weighted by molar-refractivity contribution is -0.131. The molecule has 0 aliphatic heterocycles. The van der Waals surface area contributed by atoms with Crippen molar-refractivity contribution in [1.29, 1.82) is 0 Å². The third-order valence-corrected chi connectivity index (χ3v) is 3.96. The second kappa shape index (κ2) is 5.29. The molecule has 0 bridgehead atoms. The standard InChI is InChI=1S/C20H15NO2/c1-14(22)23-20-13-19(21-12-5-4-11-18(20)21)17-10-6-8-15-7-2-3-9-16(15)17/h2-13H,1H3. The number of pyridine rings is 1. The molecule has 3 heteroatoms. The van der Waals surface area contributed by atoms with E-state index in [0.717, 1.165) is 16.8 Å².